The van der Waals surface area contributed by atoms with Crippen molar-refractivity contribution < 1.29 is 40.7 Å². The summed E-state index contributed by atoms with van der Waals surface area (Å²) in [5, 5.41) is 16.3. The number of aliphatic hydroxyl groups is 1. The van der Waals surface area contributed by atoms with Crippen LogP contribution in [0.25, 0.3) is 0 Å². The van der Waals surface area contributed by atoms with Gasteiger partial charge in [-0.3, -0.25) is 4.79 Å². The molecule has 0 radical (unpaired) electrons. The molecule has 2 aliphatic rings. The third-order valence-electron chi connectivity index (χ3n) is 7.66. The Morgan fingerprint density at radius 2 is 1.71 bits per heavy atom. The summed E-state index contributed by atoms with van der Waals surface area (Å²) in [5.41, 5.74) is -1.36. The Balaban J connectivity index is 1.30. The van der Waals surface area contributed by atoms with Crippen LogP contribution in [0.15, 0.2) is 64.6 Å². The summed E-state index contributed by atoms with van der Waals surface area (Å²) in [7, 11) is -4.10. The average Bonchev–Trinajstić information content (AvgIpc) is 3.23. The highest BCUT2D eigenvalue weighted by atomic mass is 35.5. The molecular formula is C29H25ClF4N2O5S. The van der Waals surface area contributed by atoms with Gasteiger partial charge < -0.3 is 15.3 Å². The lowest BCUT2D eigenvalue weighted by atomic mass is 9.78. The molecule has 2 bridgehead atoms. The van der Waals surface area contributed by atoms with Gasteiger partial charge in [-0.2, -0.15) is 0 Å². The highest BCUT2D eigenvalue weighted by molar-refractivity contribution is 7.92. The third-order valence-corrected chi connectivity index (χ3v) is 10.5. The van der Waals surface area contributed by atoms with Crippen LogP contribution in [0.4, 0.5) is 23.2 Å². The van der Waals surface area contributed by atoms with E-state index in [0.717, 1.165) is 6.07 Å². The van der Waals surface area contributed by atoms with Gasteiger partial charge in [-0.15, -0.1) is 0 Å². The van der Waals surface area contributed by atoms with Gasteiger partial charge in [-0.1, -0.05) is 28.9 Å². The zero-order valence-corrected chi connectivity index (χ0v) is 23.4. The molecule has 2 fully saturated rings. The molecule has 2 aliphatic carbocycles. The monoisotopic (exact) mass is 624 g/mol. The fraction of sp³-hybridized carbons (Fsp3) is 0.310. The van der Waals surface area contributed by atoms with Crippen molar-refractivity contribution in [2.45, 2.75) is 48.0 Å². The number of nitrogens with zero attached hydrogens (tertiary/aromatic N) is 1. The molecule has 13 heteroatoms. The van der Waals surface area contributed by atoms with Crippen molar-refractivity contribution >= 4 is 39.2 Å². The minimum Gasteiger partial charge on any atom is -0.391 e. The first-order valence-electron chi connectivity index (χ1n) is 13.0. The van der Waals surface area contributed by atoms with Crippen molar-refractivity contribution in [1.29, 1.82) is 0 Å². The Morgan fingerprint density at radius 3 is 2.36 bits per heavy atom. The van der Waals surface area contributed by atoms with E-state index in [1.807, 2.05) is 0 Å². The first kappa shape index (κ1) is 30.0. The minimum atomic E-state index is -4.10. The van der Waals surface area contributed by atoms with E-state index in [9.17, 15) is 35.9 Å². The van der Waals surface area contributed by atoms with Crippen molar-refractivity contribution in [3.05, 3.63) is 94.0 Å². The van der Waals surface area contributed by atoms with E-state index < -0.39 is 61.7 Å². The van der Waals surface area contributed by atoms with Crippen molar-refractivity contribution in [2.24, 2.45) is 17.0 Å². The van der Waals surface area contributed by atoms with Crippen LogP contribution < -0.4 is 5.32 Å². The maximum atomic E-state index is 13.9. The Bertz CT molecular complexity index is 1630. The second-order valence-corrected chi connectivity index (χ2v) is 13.1. The Morgan fingerprint density at radius 1 is 1.05 bits per heavy atom. The van der Waals surface area contributed by atoms with E-state index in [0.29, 0.717) is 30.5 Å². The number of hydrogen-bond acceptors (Lipinski definition) is 6. The van der Waals surface area contributed by atoms with Crippen molar-refractivity contribution in [3.8, 4) is 0 Å². The molecule has 3 aromatic carbocycles. The van der Waals surface area contributed by atoms with Crippen molar-refractivity contribution in [2.75, 3.05) is 5.32 Å². The number of hydrogen-bond donors (Lipinski definition) is 2. The second-order valence-electron chi connectivity index (χ2n) is 10.6. The van der Waals surface area contributed by atoms with Gasteiger partial charge in [0.25, 0.3) is 5.91 Å². The predicted molar refractivity (Wildman–Crippen MR) is 147 cm³/mol. The maximum Gasteiger partial charge on any atom is 0.255 e. The second kappa shape index (κ2) is 11.7. The van der Waals surface area contributed by atoms with Crippen molar-refractivity contribution in [1.82, 2.24) is 0 Å². The van der Waals surface area contributed by atoms with E-state index in [-0.39, 0.29) is 40.6 Å². The normalized spacial score (nSPS) is 23.7. The number of benzene rings is 3. The SMILES string of the molecule is O=C(Nc1cc(F)c(F)c(F)c1)c1ccc(Cl)c(S(=O)(=O)[C@H]2C3CCC2C[C@](O)(/C=N/OCc2cccc(F)c2)C3)c1. The van der Waals surface area contributed by atoms with Gasteiger partial charge >= 0.3 is 0 Å². The summed E-state index contributed by atoms with van der Waals surface area (Å²) < 4.78 is 81.5. The fourth-order valence-corrected chi connectivity index (χ4v) is 8.74. The lowest BCUT2D eigenvalue weighted by molar-refractivity contribution is 0.0410. The zero-order chi connectivity index (χ0) is 30.2. The van der Waals surface area contributed by atoms with E-state index in [2.05, 4.69) is 10.5 Å². The van der Waals surface area contributed by atoms with Gasteiger partial charge in [-0.05, 0) is 73.4 Å². The summed E-state index contributed by atoms with van der Waals surface area (Å²) in [4.78, 5) is 17.7. The van der Waals surface area contributed by atoms with Crippen LogP contribution in [0.5, 0.6) is 0 Å². The van der Waals surface area contributed by atoms with Gasteiger partial charge in [0, 0.05) is 23.4 Å². The largest absolute Gasteiger partial charge is 0.391 e. The molecule has 0 aliphatic heterocycles. The molecule has 0 aromatic heterocycles. The number of halogens is 5. The molecule has 7 nitrogen and oxygen atoms in total. The minimum absolute atomic E-state index is 0.0122. The molecule has 0 spiro atoms. The number of fused-ring (bicyclic) bond motifs is 2. The number of rotatable bonds is 8. The average molecular weight is 625 g/mol. The molecule has 3 aromatic rings. The van der Waals surface area contributed by atoms with Crippen LogP contribution in [0, 0.1) is 35.1 Å². The van der Waals surface area contributed by atoms with Crippen LogP contribution in [-0.2, 0) is 21.3 Å². The first-order valence-corrected chi connectivity index (χ1v) is 14.9. The lowest BCUT2D eigenvalue weighted by Crippen LogP contribution is -2.47. The number of oxime groups is 1. The fourth-order valence-electron chi connectivity index (χ4n) is 5.90. The molecule has 42 heavy (non-hydrogen) atoms. The first-order chi connectivity index (χ1) is 19.9. The highest BCUT2D eigenvalue weighted by Gasteiger charge is 2.54. The summed E-state index contributed by atoms with van der Waals surface area (Å²) >= 11 is 6.28. The van der Waals surface area contributed by atoms with Crippen LogP contribution in [0.3, 0.4) is 0 Å². The molecule has 0 saturated heterocycles. The van der Waals surface area contributed by atoms with E-state index in [1.54, 1.807) is 6.07 Å². The van der Waals surface area contributed by atoms with Crippen LogP contribution in [-0.4, -0.2) is 36.5 Å². The Labute approximate surface area is 244 Å². The quantitative estimate of drug-likeness (QED) is 0.138. The van der Waals surface area contributed by atoms with E-state index >= 15 is 0 Å². The number of anilines is 1. The summed E-state index contributed by atoms with van der Waals surface area (Å²) in [6.45, 7) is -0.0122. The Hall–Kier alpha value is -3.48. The number of carbonyl (C=O) groups is 1. The molecule has 2 unspecified atom stereocenters. The van der Waals surface area contributed by atoms with Gasteiger partial charge in [0.2, 0.25) is 0 Å². The maximum absolute atomic E-state index is 13.9. The van der Waals surface area contributed by atoms with Crippen LogP contribution in [0.1, 0.15) is 41.6 Å². The Kier molecular flexibility index (Phi) is 8.32. The van der Waals surface area contributed by atoms with Gasteiger partial charge in [-0.25, -0.2) is 26.0 Å². The van der Waals surface area contributed by atoms with E-state index in [4.69, 9.17) is 16.4 Å². The van der Waals surface area contributed by atoms with Crippen LogP contribution >= 0.6 is 11.6 Å². The highest BCUT2D eigenvalue weighted by Crippen LogP contribution is 2.51. The van der Waals surface area contributed by atoms with Gasteiger partial charge in [0.05, 0.1) is 21.4 Å². The topological polar surface area (TPSA) is 105 Å². The molecule has 1 amide bonds. The van der Waals surface area contributed by atoms with Gasteiger partial charge in [0.15, 0.2) is 27.3 Å². The smallest absolute Gasteiger partial charge is 0.255 e. The van der Waals surface area contributed by atoms with E-state index in [1.165, 1.54) is 36.5 Å². The number of nitrogens with one attached hydrogen (secondary N) is 1. The molecule has 2 saturated carbocycles. The predicted octanol–water partition coefficient (Wildman–Crippen LogP) is 6.04. The molecule has 5 rings (SSSR count). The van der Waals surface area contributed by atoms with Crippen molar-refractivity contribution in [3.63, 3.8) is 0 Å². The standard InChI is InChI=1S/C29H25ClF4N2O5S/c30-22-7-6-17(28(37)36-21-10-23(32)26(34)24(33)11-21)9-25(22)42(39,40)27-18-4-5-19(27)13-29(38,12-18)15-35-41-14-16-2-1-3-20(31)8-16/h1-3,6-11,15,18-19,27,38H,4-5,12-14H2,(H,36,37)/b35-15+/t18?,19?,27-,29-. The lowest BCUT2D eigenvalue weighted by Gasteiger charge is -2.38. The number of amides is 1. The van der Waals surface area contributed by atoms with Gasteiger partial charge in [0.1, 0.15) is 18.0 Å². The molecule has 222 valence electrons. The molecule has 2 N–H and O–H groups in total. The molecule has 0 heterocycles. The zero-order valence-electron chi connectivity index (χ0n) is 21.9. The number of sulfone groups is 1. The molecule has 2 atom stereocenters. The summed E-state index contributed by atoms with van der Waals surface area (Å²) in [6, 6.07) is 10.6. The third kappa shape index (κ3) is 6.16. The molecular weight excluding hydrogens is 600 g/mol. The summed E-state index contributed by atoms with van der Waals surface area (Å²) in [6.07, 6.45) is 2.52. The van der Waals surface area contributed by atoms with Crippen LogP contribution in [0.2, 0.25) is 5.02 Å². The number of carbonyl (C=O) groups excluding carboxylic acids is 1. The summed E-state index contributed by atoms with van der Waals surface area (Å²) in [5.74, 6) is -6.87.